The van der Waals surface area contributed by atoms with E-state index >= 15 is 0 Å². The second-order valence-corrected chi connectivity index (χ2v) is 7.90. The molecule has 1 aliphatic heterocycles. The SMILES string of the molecule is NC(N)=NC(=O)c1ccc(C2CCN(C(=O)c3ccc(F)cc3C(F)(F)F)CC2)c(C(F)(F)F)c1. The zero-order valence-electron chi connectivity index (χ0n) is 17.9. The van der Waals surface area contributed by atoms with Crippen LogP contribution in [0.3, 0.4) is 0 Å². The van der Waals surface area contributed by atoms with E-state index in [1.54, 1.807) is 0 Å². The van der Waals surface area contributed by atoms with Crippen molar-refractivity contribution < 1.29 is 40.3 Å². The molecular formula is C22H19F7N4O2. The fourth-order valence-corrected chi connectivity index (χ4v) is 3.97. The summed E-state index contributed by atoms with van der Waals surface area (Å²) >= 11 is 0. The molecule has 0 atom stereocenters. The van der Waals surface area contributed by atoms with Crippen LogP contribution in [0.2, 0.25) is 0 Å². The lowest BCUT2D eigenvalue weighted by atomic mass is 9.85. The highest BCUT2D eigenvalue weighted by atomic mass is 19.4. The monoisotopic (exact) mass is 504 g/mol. The number of nitrogens with two attached hydrogens (primary N) is 2. The van der Waals surface area contributed by atoms with Crippen LogP contribution in [-0.2, 0) is 12.4 Å². The van der Waals surface area contributed by atoms with Crippen molar-refractivity contribution in [3.63, 3.8) is 0 Å². The molecule has 4 N–H and O–H groups in total. The number of likely N-dealkylation sites (tertiary alicyclic amines) is 1. The first kappa shape index (κ1) is 26.0. The van der Waals surface area contributed by atoms with Gasteiger partial charge in [-0.1, -0.05) is 6.07 Å². The molecule has 0 aromatic heterocycles. The maximum absolute atomic E-state index is 13.7. The first-order valence-electron chi connectivity index (χ1n) is 10.2. The maximum atomic E-state index is 13.7. The molecule has 2 aromatic rings. The molecule has 2 amide bonds. The number of hydrogen-bond acceptors (Lipinski definition) is 2. The summed E-state index contributed by atoms with van der Waals surface area (Å²) in [6, 6.07) is 4.60. The topological polar surface area (TPSA) is 102 Å². The number of carbonyl (C=O) groups excluding carboxylic acids is 2. The molecule has 1 heterocycles. The van der Waals surface area contributed by atoms with Gasteiger partial charge in [0.25, 0.3) is 11.8 Å². The summed E-state index contributed by atoms with van der Waals surface area (Å²) in [7, 11) is 0. The van der Waals surface area contributed by atoms with E-state index in [4.69, 9.17) is 11.5 Å². The Kier molecular flexibility index (Phi) is 7.08. The van der Waals surface area contributed by atoms with Gasteiger partial charge < -0.3 is 16.4 Å². The van der Waals surface area contributed by atoms with Crippen LogP contribution in [0.4, 0.5) is 30.7 Å². The Morgan fingerprint density at radius 1 is 0.886 bits per heavy atom. The lowest BCUT2D eigenvalue weighted by molar-refractivity contribution is -0.139. The van der Waals surface area contributed by atoms with E-state index in [1.165, 1.54) is 0 Å². The van der Waals surface area contributed by atoms with Crippen molar-refractivity contribution in [2.75, 3.05) is 13.1 Å². The first-order chi connectivity index (χ1) is 16.2. The van der Waals surface area contributed by atoms with E-state index in [0.717, 1.165) is 29.2 Å². The molecule has 188 valence electrons. The van der Waals surface area contributed by atoms with Crippen LogP contribution in [0.5, 0.6) is 0 Å². The summed E-state index contributed by atoms with van der Waals surface area (Å²) in [5.41, 5.74) is 6.45. The second-order valence-electron chi connectivity index (χ2n) is 7.90. The minimum Gasteiger partial charge on any atom is -0.370 e. The summed E-state index contributed by atoms with van der Waals surface area (Å²) < 4.78 is 94.3. The van der Waals surface area contributed by atoms with Crippen molar-refractivity contribution in [2.24, 2.45) is 16.5 Å². The van der Waals surface area contributed by atoms with Gasteiger partial charge in [-0.25, -0.2) is 4.39 Å². The fourth-order valence-electron chi connectivity index (χ4n) is 3.97. The minimum atomic E-state index is -4.97. The molecule has 2 aromatic carbocycles. The summed E-state index contributed by atoms with van der Waals surface area (Å²) in [4.78, 5) is 28.9. The highest BCUT2D eigenvalue weighted by molar-refractivity contribution is 6.02. The molecule has 0 radical (unpaired) electrons. The maximum Gasteiger partial charge on any atom is 0.417 e. The average molecular weight is 504 g/mol. The van der Waals surface area contributed by atoms with Crippen molar-refractivity contribution in [2.45, 2.75) is 31.1 Å². The van der Waals surface area contributed by atoms with Crippen LogP contribution in [0, 0.1) is 5.82 Å². The summed E-state index contributed by atoms with van der Waals surface area (Å²) in [6.45, 7) is -0.242. The van der Waals surface area contributed by atoms with Crippen molar-refractivity contribution in [1.82, 2.24) is 4.90 Å². The molecule has 0 saturated carbocycles. The molecule has 6 nitrogen and oxygen atoms in total. The molecule has 3 rings (SSSR count). The normalized spacial score (nSPS) is 15.1. The standard InChI is InChI=1S/C22H19F7N4O2/c23-13-2-4-15(17(10-13)22(27,28)29)19(35)33-7-5-11(6-8-33)14-3-1-12(18(34)32-20(30)31)9-16(14)21(24,25)26/h1-4,9-11H,5-8H2,(H4,30,31,32,34). The quantitative estimate of drug-likeness (QED) is 0.370. The second kappa shape index (κ2) is 9.55. The van der Waals surface area contributed by atoms with Gasteiger partial charge in [-0.3, -0.25) is 9.59 Å². The van der Waals surface area contributed by atoms with Crippen LogP contribution >= 0.6 is 0 Å². The zero-order valence-corrected chi connectivity index (χ0v) is 17.9. The number of rotatable bonds is 3. The van der Waals surface area contributed by atoms with Crippen LogP contribution in [0.1, 0.15) is 56.2 Å². The fraction of sp³-hybridized carbons (Fsp3) is 0.318. The van der Waals surface area contributed by atoms with Crippen LogP contribution in [0.25, 0.3) is 0 Å². The Labute approximate surface area is 194 Å². The van der Waals surface area contributed by atoms with E-state index in [-0.39, 0.29) is 43.1 Å². The molecule has 1 fully saturated rings. The molecule has 0 bridgehead atoms. The molecular weight excluding hydrogens is 485 g/mol. The number of alkyl halides is 6. The predicted octanol–water partition coefficient (Wildman–Crippen LogP) is 4.30. The number of aliphatic imine (C=N–C) groups is 1. The number of benzene rings is 2. The lowest BCUT2D eigenvalue weighted by Crippen LogP contribution is -2.39. The van der Waals surface area contributed by atoms with Crippen LogP contribution < -0.4 is 11.5 Å². The smallest absolute Gasteiger partial charge is 0.370 e. The highest BCUT2D eigenvalue weighted by Gasteiger charge is 2.39. The number of halogens is 7. The van der Waals surface area contributed by atoms with Gasteiger partial charge >= 0.3 is 12.4 Å². The van der Waals surface area contributed by atoms with Gasteiger partial charge in [0, 0.05) is 18.7 Å². The van der Waals surface area contributed by atoms with E-state index in [1.807, 2.05) is 0 Å². The Bertz CT molecular complexity index is 1160. The first-order valence-corrected chi connectivity index (χ1v) is 10.2. The summed E-state index contributed by atoms with van der Waals surface area (Å²) in [6.07, 6.45) is -9.73. The number of piperidine rings is 1. The van der Waals surface area contributed by atoms with Crippen LogP contribution in [-0.4, -0.2) is 35.8 Å². The van der Waals surface area contributed by atoms with Gasteiger partial charge in [0.2, 0.25) is 0 Å². The Morgan fingerprint density at radius 2 is 1.49 bits per heavy atom. The molecule has 1 saturated heterocycles. The number of amides is 2. The molecule has 0 spiro atoms. The molecule has 1 aliphatic rings. The average Bonchev–Trinajstić information content (AvgIpc) is 2.76. The van der Waals surface area contributed by atoms with Gasteiger partial charge in [-0.05, 0) is 54.7 Å². The van der Waals surface area contributed by atoms with Gasteiger partial charge in [0.15, 0.2) is 5.96 Å². The van der Waals surface area contributed by atoms with Crippen molar-refractivity contribution in [3.05, 3.63) is 70.0 Å². The molecule has 13 heteroatoms. The Morgan fingerprint density at radius 3 is 2.03 bits per heavy atom. The van der Waals surface area contributed by atoms with Crippen molar-refractivity contribution in [1.29, 1.82) is 0 Å². The highest BCUT2D eigenvalue weighted by Crippen LogP contribution is 2.40. The summed E-state index contributed by atoms with van der Waals surface area (Å²) in [5, 5.41) is 0. The van der Waals surface area contributed by atoms with Gasteiger partial charge in [-0.15, -0.1) is 0 Å². The summed E-state index contributed by atoms with van der Waals surface area (Å²) in [5.74, 6) is -4.50. The third-order valence-corrected chi connectivity index (χ3v) is 5.58. The minimum absolute atomic E-state index is 0.0263. The van der Waals surface area contributed by atoms with E-state index in [2.05, 4.69) is 4.99 Å². The molecule has 0 unspecified atom stereocenters. The Hall–Kier alpha value is -3.64. The number of guanidine groups is 1. The third-order valence-electron chi connectivity index (χ3n) is 5.58. The largest absolute Gasteiger partial charge is 0.417 e. The van der Waals surface area contributed by atoms with Gasteiger partial charge in [0.1, 0.15) is 5.82 Å². The molecule has 0 aliphatic carbocycles. The predicted molar refractivity (Wildman–Crippen MR) is 111 cm³/mol. The Balaban J connectivity index is 1.83. The number of hydrogen-bond donors (Lipinski definition) is 2. The van der Waals surface area contributed by atoms with Crippen molar-refractivity contribution in [3.8, 4) is 0 Å². The zero-order chi connectivity index (χ0) is 26.1. The van der Waals surface area contributed by atoms with Crippen LogP contribution in [0.15, 0.2) is 41.4 Å². The van der Waals surface area contributed by atoms with E-state index in [9.17, 15) is 40.3 Å². The van der Waals surface area contributed by atoms with E-state index < -0.39 is 58.6 Å². The number of nitrogens with zero attached hydrogens (tertiary/aromatic N) is 2. The van der Waals surface area contributed by atoms with Crippen molar-refractivity contribution >= 4 is 17.8 Å². The third kappa shape index (κ3) is 5.89. The number of carbonyl (C=O) groups is 2. The van der Waals surface area contributed by atoms with E-state index in [0.29, 0.717) is 6.07 Å². The van der Waals surface area contributed by atoms with Gasteiger partial charge in [-0.2, -0.15) is 31.3 Å². The van der Waals surface area contributed by atoms with Gasteiger partial charge in [0.05, 0.1) is 16.7 Å². The lowest BCUT2D eigenvalue weighted by Gasteiger charge is -2.34. The molecule has 35 heavy (non-hydrogen) atoms.